The van der Waals surface area contributed by atoms with Crippen LogP contribution in [0.2, 0.25) is 0 Å². The Bertz CT molecular complexity index is 352. The van der Waals surface area contributed by atoms with Crippen molar-refractivity contribution in [2.75, 3.05) is 58.7 Å². The fourth-order valence-electron chi connectivity index (χ4n) is 2.16. The van der Waals surface area contributed by atoms with E-state index in [-0.39, 0.29) is 0 Å². The Labute approximate surface area is 123 Å². The lowest BCUT2D eigenvalue weighted by atomic mass is 10.3. The second-order valence-electron chi connectivity index (χ2n) is 5.53. The molecule has 0 saturated carbocycles. The fourth-order valence-corrected chi connectivity index (χ4v) is 2.99. The summed E-state index contributed by atoms with van der Waals surface area (Å²) in [6.07, 6.45) is 2.62. The normalized spacial score (nSPS) is 18.8. The summed E-state index contributed by atoms with van der Waals surface area (Å²) in [6, 6.07) is 0. The molecule has 0 unspecified atom stereocenters. The molecule has 0 amide bonds. The zero-order valence-electron chi connectivity index (χ0n) is 13.0. The SMILES string of the molecule is CC(C)OCCCNCCN1CCN(S(C)(=O)=O)CC1. The van der Waals surface area contributed by atoms with E-state index < -0.39 is 10.0 Å². The molecule has 6 nitrogen and oxygen atoms in total. The van der Waals surface area contributed by atoms with Crippen LogP contribution >= 0.6 is 0 Å². The van der Waals surface area contributed by atoms with Crippen molar-refractivity contribution in [1.29, 1.82) is 0 Å². The summed E-state index contributed by atoms with van der Waals surface area (Å²) < 4.78 is 29.8. The zero-order chi connectivity index (χ0) is 15.0. The first-order valence-electron chi connectivity index (χ1n) is 7.39. The molecule has 0 bridgehead atoms. The Balaban J connectivity index is 1.99. The molecule has 1 N–H and O–H groups in total. The number of nitrogens with zero attached hydrogens (tertiary/aromatic N) is 2. The van der Waals surface area contributed by atoms with Gasteiger partial charge in [0, 0.05) is 45.9 Å². The summed E-state index contributed by atoms with van der Waals surface area (Å²) in [5, 5.41) is 3.39. The van der Waals surface area contributed by atoms with E-state index in [1.54, 1.807) is 4.31 Å². The summed E-state index contributed by atoms with van der Waals surface area (Å²) in [5.41, 5.74) is 0. The average Bonchev–Trinajstić information content (AvgIpc) is 2.37. The Hall–Kier alpha value is -0.210. The predicted molar refractivity (Wildman–Crippen MR) is 81.4 cm³/mol. The Kier molecular flexibility index (Phi) is 7.98. The van der Waals surface area contributed by atoms with Gasteiger partial charge >= 0.3 is 0 Å². The van der Waals surface area contributed by atoms with E-state index in [1.807, 2.05) is 13.8 Å². The predicted octanol–water partition coefficient (Wildman–Crippen LogP) is -0.0317. The minimum absolute atomic E-state index is 0.307. The van der Waals surface area contributed by atoms with Crippen molar-refractivity contribution in [1.82, 2.24) is 14.5 Å². The molecule has 0 spiro atoms. The molecule has 1 aliphatic rings. The van der Waals surface area contributed by atoms with Gasteiger partial charge in [0.2, 0.25) is 10.0 Å². The molecular formula is C13H29N3O3S. The Morgan fingerprint density at radius 3 is 2.35 bits per heavy atom. The van der Waals surface area contributed by atoms with E-state index in [2.05, 4.69) is 10.2 Å². The lowest BCUT2D eigenvalue weighted by Crippen LogP contribution is -2.49. The zero-order valence-corrected chi connectivity index (χ0v) is 13.8. The molecule has 7 heteroatoms. The van der Waals surface area contributed by atoms with Gasteiger partial charge in [-0.05, 0) is 26.8 Å². The van der Waals surface area contributed by atoms with Crippen LogP contribution in [0.1, 0.15) is 20.3 Å². The van der Waals surface area contributed by atoms with Crippen LogP contribution in [-0.2, 0) is 14.8 Å². The first-order valence-corrected chi connectivity index (χ1v) is 9.24. The average molecular weight is 307 g/mol. The van der Waals surface area contributed by atoms with E-state index in [0.717, 1.165) is 45.8 Å². The lowest BCUT2D eigenvalue weighted by Gasteiger charge is -2.33. The number of hydrogen-bond acceptors (Lipinski definition) is 5. The molecule has 0 radical (unpaired) electrons. The van der Waals surface area contributed by atoms with Crippen molar-refractivity contribution >= 4 is 10.0 Å². The molecule has 1 rings (SSSR count). The second kappa shape index (κ2) is 8.94. The van der Waals surface area contributed by atoms with Crippen LogP contribution < -0.4 is 5.32 Å². The highest BCUT2D eigenvalue weighted by molar-refractivity contribution is 7.88. The first-order chi connectivity index (χ1) is 9.39. The van der Waals surface area contributed by atoms with Gasteiger partial charge in [-0.3, -0.25) is 4.90 Å². The Morgan fingerprint density at radius 2 is 1.80 bits per heavy atom. The molecule has 1 fully saturated rings. The second-order valence-corrected chi connectivity index (χ2v) is 7.51. The van der Waals surface area contributed by atoms with Gasteiger partial charge < -0.3 is 10.1 Å². The van der Waals surface area contributed by atoms with E-state index in [0.29, 0.717) is 19.2 Å². The van der Waals surface area contributed by atoms with Gasteiger partial charge in [0.25, 0.3) is 0 Å². The molecule has 0 aromatic rings. The van der Waals surface area contributed by atoms with Crippen molar-refractivity contribution in [2.45, 2.75) is 26.4 Å². The molecule has 1 heterocycles. The molecule has 20 heavy (non-hydrogen) atoms. The monoisotopic (exact) mass is 307 g/mol. The number of ether oxygens (including phenoxy) is 1. The van der Waals surface area contributed by atoms with Crippen LogP contribution in [0.15, 0.2) is 0 Å². The number of rotatable bonds is 9. The van der Waals surface area contributed by atoms with E-state index >= 15 is 0 Å². The van der Waals surface area contributed by atoms with Crippen molar-refractivity contribution in [3.63, 3.8) is 0 Å². The Morgan fingerprint density at radius 1 is 1.15 bits per heavy atom. The van der Waals surface area contributed by atoms with Gasteiger partial charge in [0.15, 0.2) is 0 Å². The van der Waals surface area contributed by atoms with Crippen LogP contribution in [0.4, 0.5) is 0 Å². The number of sulfonamides is 1. The van der Waals surface area contributed by atoms with Gasteiger partial charge in [-0.15, -0.1) is 0 Å². The highest BCUT2D eigenvalue weighted by Gasteiger charge is 2.22. The largest absolute Gasteiger partial charge is 0.379 e. The third kappa shape index (κ3) is 7.54. The highest BCUT2D eigenvalue weighted by Crippen LogP contribution is 2.05. The maximum absolute atomic E-state index is 11.4. The third-order valence-corrected chi connectivity index (χ3v) is 4.66. The van der Waals surface area contributed by atoms with Crippen molar-refractivity contribution in [2.24, 2.45) is 0 Å². The summed E-state index contributed by atoms with van der Waals surface area (Å²) >= 11 is 0. The van der Waals surface area contributed by atoms with Crippen LogP contribution in [0, 0.1) is 0 Å². The molecule has 0 aromatic heterocycles. The summed E-state index contributed by atoms with van der Waals surface area (Å²) in [7, 11) is -3.01. The topological polar surface area (TPSA) is 61.9 Å². The fraction of sp³-hybridized carbons (Fsp3) is 1.00. The van der Waals surface area contributed by atoms with Crippen LogP contribution in [0.5, 0.6) is 0 Å². The standard InChI is InChI=1S/C13H29N3O3S/c1-13(2)19-12-4-5-14-6-7-15-8-10-16(11-9-15)20(3,17)18/h13-14H,4-12H2,1-3H3. The minimum Gasteiger partial charge on any atom is -0.379 e. The van der Waals surface area contributed by atoms with E-state index in [9.17, 15) is 8.42 Å². The minimum atomic E-state index is -3.01. The lowest BCUT2D eigenvalue weighted by molar-refractivity contribution is 0.0769. The number of hydrogen-bond donors (Lipinski definition) is 1. The summed E-state index contributed by atoms with van der Waals surface area (Å²) in [5.74, 6) is 0. The van der Waals surface area contributed by atoms with E-state index in [4.69, 9.17) is 4.74 Å². The molecule has 120 valence electrons. The molecule has 1 saturated heterocycles. The summed E-state index contributed by atoms with van der Waals surface area (Å²) in [4.78, 5) is 2.30. The quantitative estimate of drug-likeness (QED) is 0.606. The highest BCUT2D eigenvalue weighted by atomic mass is 32.2. The van der Waals surface area contributed by atoms with Gasteiger partial charge in [-0.2, -0.15) is 4.31 Å². The molecular weight excluding hydrogens is 278 g/mol. The van der Waals surface area contributed by atoms with Crippen molar-refractivity contribution < 1.29 is 13.2 Å². The number of nitrogens with one attached hydrogen (secondary N) is 1. The molecule has 0 aromatic carbocycles. The molecule has 1 aliphatic heterocycles. The molecule has 0 atom stereocenters. The van der Waals surface area contributed by atoms with E-state index in [1.165, 1.54) is 6.26 Å². The van der Waals surface area contributed by atoms with Gasteiger partial charge in [0.1, 0.15) is 0 Å². The maximum atomic E-state index is 11.4. The first kappa shape index (κ1) is 17.8. The smallest absolute Gasteiger partial charge is 0.211 e. The van der Waals surface area contributed by atoms with Crippen LogP contribution in [-0.4, -0.2) is 82.4 Å². The van der Waals surface area contributed by atoms with Crippen LogP contribution in [0.3, 0.4) is 0 Å². The third-order valence-electron chi connectivity index (χ3n) is 3.35. The number of piperazine rings is 1. The van der Waals surface area contributed by atoms with Gasteiger partial charge in [-0.25, -0.2) is 8.42 Å². The van der Waals surface area contributed by atoms with Crippen molar-refractivity contribution in [3.05, 3.63) is 0 Å². The van der Waals surface area contributed by atoms with Gasteiger partial charge in [-0.1, -0.05) is 0 Å². The molecule has 0 aliphatic carbocycles. The maximum Gasteiger partial charge on any atom is 0.211 e. The van der Waals surface area contributed by atoms with Crippen LogP contribution in [0.25, 0.3) is 0 Å². The van der Waals surface area contributed by atoms with Gasteiger partial charge in [0.05, 0.1) is 12.4 Å². The van der Waals surface area contributed by atoms with Crippen molar-refractivity contribution in [3.8, 4) is 0 Å². The summed E-state index contributed by atoms with van der Waals surface area (Å²) in [6.45, 7) is 10.7.